The van der Waals surface area contributed by atoms with Crippen LogP contribution in [0.1, 0.15) is 11.1 Å². The maximum absolute atomic E-state index is 9.10. The lowest BCUT2D eigenvalue weighted by molar-refractivity contribution is 0.357. The zero-order valence-electron chi connectivity index (χ0n) is 10.7. The van der Waals surface area contributed by atoms with Gasteiger partial charge in [-0.1, -0.05) is 29.8 Å². The van der Waals surface area contributed by atoms with Crippen molar-refractivity contribution in [3.8, 4) is 0 Å². The van der Waals surface area contributed by atoms with Gasteiger partial charge >= 0.3 is 0 Å². The highest BCUT2D eigenvalue weighted by atomic mass is 35.5. The second-order valence-corrected chi connectivity index (χ2v) is 4.61. The van der Waals surface area contributed by atoms with E-state index >= 15 is 0 Å². The first-order valence-corrected chi connectivity index (χ1v) is 6.41. The number of aromatic nitrogens is 1. The lowest BCUT2D eigenvalue weighted by Gasteiger charge is -2.14. The zero-order valence-corrected chi connectivity index (χ0v) is 11.5. The number of pyridine rings is 1. The molecule has 0 fully saturated rings. The minimum atomic E-state index is -0.357. The number of rotatable bonds is 5. The third-order valence-electron chi connectivity index (χ3n) is 2.88. The Hall–Kier alpha value is -2.11. The van der Waals surface area contributed by atoms with Gasteiger partial charge in [0.15, 0.2) is 0 Å². The molecule has 0 aliphatic rings. The second kappa shape index (κ2) is 6.36. The molecule has 0 aliphatic carbocycles. The van der Waals surface area contributed by atoms with Crippen LogP contribution in [-0.4, -0.2) is 22.4 Å². The molecular formula is C14H15ClN4O. The van der Waals surface area contributed by atoms with Gasteiger partial charge in [0, 0.05) is 23.3 Å². The van der Waals surface area contributed by atoms with Crippen LogP contribution in [-0.2, 0) is 6.54 Å². The molecule has 104 valence electrons. The van der Waals surface area contributed by atoms with Crippen LogP contribution in [0.5, 0.6) is 0 Å². The number of anilines is 2. The Morgan fingerprint density at radius 1 is 1.35 bits per heavy atom. The van der Waals surface area contributed by atoms with E-state index < -0.39 is 0 Å². The highest BCUT2D eigenvalue weighted by Gasteiger charge is 2.11. The topological polar surface area (TPSA) is 95.0 Å². The van der Waals surface area contributed by atoms with E-state index in [9.17, 15) is 0 Å². The van der Waals surface area contributed by atoms with Crippen molar-refractivity contribution >= 4 is 28.8 Å². The molecule has 0 radical (unpaired) electrons. The number of nitrogen functional groups attached to an aromatic ring is 1. The minimum absolute atomic E-state index is 0.0840. The van der Waals surface area contributed by atoms with E-state index in [1.807, 2.05) is 24.3 Å². The van der Waals surface area contributed by atoms with Gasteiger partial charge in [0.25, 0.3) is 0 Å². The summed E-state index contributed by atoms with van der Waals surface area (Å²) in [5.74, 6) is 0.285. The maximum Gasteiger partial charge on any atom is 0.147 e. The van der Waals surface area contributed by atoms with Crippen molar-refractivity contribution in [2.24, 2.45) is 0 Å². The monoisotopic (exact) mass is 290 g/mol. The van der Waals surface area contributed by atoms with Crippen molar-refractivity contribution in [1.29, 1.82) is 5.41 Å². The molecule has 2 aromatic rings. The number of nitrogens with one attached hydrogen (secondary N) is 2. The molecule has 0 aliphatic heterocycles. The summed E-state index contributed by atoms with van der Waals surface area (Å²) in [7, 11) is 0. The molecule has 0 amide bonds. The van der Waals surface area contributed by atoms with Gasteiger partial charge in [-0.05, 0) is 17.7 Å². The number of nitrogens with zero attached hydrogens (tertiary/aromatic N) is 1. The fraction of sp³-hybridized carbons (Fsp3) is 0.143. The molecule has 2 rings (SSSR count). The Bertz CT molecular complexity index is 630. The molecule has 5 N–H and O–H groups in total. The van der Waals surface area contributed by atoms with Crippen LogP contribution in [0.4, 0.5) is 11.5 Å². The number of hydrogen-bond donors (Lipinski definition) is 4. The van der Waals surface area contributed by atoms with E-state index in [2.05, 4.69) is 10.3 Å². The number of halogens is 1. The van der Waals surface area contributed by atoms with Crippen molar-refractivity contribution in [3.63, 3.8) is 0 Å². The average molecular weight is 291 g/mol. The molecule has 20 heavy (non-hydrogen) atoms. The maximum atomic E-state index is 9.10. The molecule has 0 atom stereocenters. The van der Waals surface area contributed by atoms with Crippen LogP contribution in [0.25, 0.3) is 0 Å². The normalized spacial score (nSPS) is 10.3. The molecule has 1 heterocycles. The third kappa shape index (κ3) is 3.07. The van der Waals surface area contributed by atoms with Crippen LogP contribution in [0.2, 0.25) is 5.02 Å². The predicted molar refractivity (Wildman–Crippen MR) is 81.3 cm³/mol. The van der Waals surface area contributed by atoms with E-state index in [1.54, 1.807) is 6.07 Å². The Kier molecular flexibility index (Phi) is 4.55. The van der Waals surface area contributed by atoms with Crippen LogP contribution < -0.4 is 11.1 Å². The molecular weight excluding hydrogens is 276 g/mol. The summed E-state index contributed by atoms with van der Waals surface area (Å²) in [4.78, 5) is 4.00. The van der Waals surface area contributed by atoms with Crippen LogP contribution >= 0.6 is 11.6 Å². The van der Waals surface area contributed by atoms with E-state index in [1.165, 1.54) is 6.20 Å². The molecule has 6 heteroatoms. The first kappa shape index (κ1) is 14.3. The molecule has 0 unspecified atom stereocenters. The standard InChI is InChI=1S/C14H15ClN4O/c15-11-4-2-1-3-9(11)7-19-13-10(12(16)8-20)5-6-18-14(13)17/h1-6,16,19-20H,7-8H2,(H2,17,18). The number of hydrogen-bond acceptors (Lipinski definition) is 5. The average Bonchev–Trinajstić information content (AvgIpc) is 2.46. The van der Waals surface area contributed by atoms with Gasteiger partial charge in [0.05, 0.1) is 18.0 Å². The Balaban J connectivity index is 2.25. The third-order valence-corrected chi connectivity index (χ3v) is 3.25. The van der Waals surface area contributed by atoms with Crippen LogP contribution in [0.15, 0.2) is 36.5 Å². The van der Waals surface area contributed by atoms with E-state index in [0.717, 1.165) is 5.56 Å². The first-order valence-electron chi connectivity index (χ1n) is 6.04. The molecule has 0 saturated carbocycles. The smallest absolute Gasteiger partial charge is 0.147 e. The number of nitrogens with two attached hydrogens (primary N) is 1. The Morgan fingerprint density at radius 2 is 2.10 bits per heavy atom. The largest absolute Gasteiger partial charge is 0.390 e. The molecule has 5 nitrogen and oxygen atoms in total. The lowest BCUT2D eigenvalue weighted by atomic mass is 10.1. The van der Waals surface area contributed by atoms with E-state index in [4.69, 9.17) is 27.9 Å². The van der Waals surface area contributed by atoms with Gasteiger partial charge in [0.1, 0.15) is 5.82 Å². The fourth-order valence-electron chi connectivity index (χ4n) is 1.83. The lowest BCUT2D eigenvalue weighted by Crippen LogP contribution is -2.12. The van der Waals surface area contributed by atoms with Crippen molar-refractivity contribution in [1.82, 2.24) is 4.98 Å². The van der Waals surface area contributed by atoms with Gasteiger partial charge in [-0.2, -0.15) is 0 Å². The summed E-state index contributed by atoms with van der Waals surface area (Å²) in [6.45, 7) is 0.103. The summed E-state index contributed by atoms with van der Waals surface area (Å²) < 4.78 is 0. The summed E-state index contributed by atoms with van der Waals surface area (Å²) in [6.07, 6.45) is 1.51. The van der Waals surface area contributed by atoms with Gasteiger partial charge < -0.3 is 21.6 Å². The quantitative estimate of drug-likeness (QED) is 0.635. The summed E-state index contributed by atoms with van der Waals surface area (Å²) in [6, 6.07) is 9.11. The summed E-state index contributed by atoms with van der Waals surface area (Å²) in [5, 5.41) is 20.6. The predicted octanol–water partition coefficient (Wildman–Crippen LogP) is 2.29. The SMILES string of the molecule is N=C(CO)c1ccnc(N)c1NCc1ccccc1Cl. The molecule has 1 aromatic heterocycles. The minimum Gasteiger partial charge on any atom is -0.390 e. The summed E-state index contributed by atoms with van der Waals surface area (Å²) >= 11 is 6.09. The number of aliphatic hydroxyl groups is 1. The Morgan fingerprint density at radius 3 is 2.80 bits per heavy atom. The Labute approximate surface area is 121 Å². The number of aliphatic hydroxyl groups excluding tert-OH is 1. The van der Waals surface area contributed by atoms with E-state index in [-0.39, 0.29) is 18.1 Å². The van der Waals surface area contributed by atoms with Gasteiger partial charge in [-0.25, -0.2) is 4.98 Å². The highest BCUT2D eigenvalue weighted by molar-refractivity contribution is 6.31. The van der Waals surface area contributed by atoms with E-state index in [0.29, 0.717) is 22.8 Å². The second-order valence-electron chi connectivity index (χ2n) is 4.20. The van der Waals surface area contributed by atoms with Crippen molar-refractivity contribution in [3.05, 3.63) is 52.7 Å². The van der Waals surface area contributed by atoms with Gasteiger partial charge in [-0.3, -0.25) is 0 Å². The van der Waals surface area contributed by atoms with Crippen LogP contribution in [0.3, 0.4) is 0 Å². The van der Waals surface area contributed by atoms with Crippen molar-refractivity contribution in [2.45, 2.75) is 6.54 Å². The molecule has 0 bridgehead atoms. The molecule has 0 spiro atoms. The van der Waals surface area contributed by atoms with Crippen molar-refractivity contribution < 1.29 is 5.11 Å². The molecule has 1 aromatic carbocycles. The van der Waals surface area contributed by atoms with Gasteiger partial charge in [0.2, 0.25) is 0 Å². The summed E-state index contributed by atoms with van der Waals surface area (Å²) in [5.41, 5.74) is 7.90. The van der Waals surface area contributed by atoms with Crippen LogP contribution in [0, 0.1) is 5.41 Å². The fourth-order valence-corrected chi connectivity index (χ4v) is 2.03. The first-order chi connectivity index (χ1) is 9.63. The zero-order chi connectivity index (χ0) is 14.5. The van der Waals surface area contributed by atoms with Gasteiger partial charge in [-0.15, -0.1) is 0 Å². The van der Waals surface area contributed by atoms with Crippen molar-refractivity contribution in [2.75, 3.05) is 17.7 Å². The highest BCUT2D eigenvalue weighted by Crippen LogP contribution is 2.24. The number of benzene rings is 1. The molecule has 0 saturated heterocycles.